The summed E-state index contributed by atoms with van der Waals surface area (Å²) >= 11 is 0. The molecule has 40 heavy (non-hydrogen) atoms. The van der Waals surface area contributed by atoms with Gasteiger partial charge in [0.25, 0.3) is 10.0 Å². The van der Waals surface area contributed by atoms with Crippen molar-refractivity contribution in [2.75, 3.05) is 20.1 Å². The molecule has 0 radical (unpaired) electrons. The first kappa shape index (κ1) is 28.5. The molecule has 0 atom stereocenters. The van der Waals surface area contributed by atoms with Gasteiger partial charge >= 0.3 is 0 Å². The van der Waals surface area contributed by atoms with Gasteiger partial charge in [0, 0.05) is 43.1 Å². The highest BCUT2D eigenvalue weighted by Crippen LogP contribution is 2.28. The number of aromatic nitrogens is 2. The Morgan fingerprint density at radius 3 is 2.38 bits per heavy atom. The molecule has 0 amide bonds. The molecule has 1 fully saturated rings. The zero-order valence-corrected chi connectivity index (χ0v) is 24.5. The van der Waals surface area contributed by atoms with Gasteiger partial charge in [0.2, 0.25) is 0 Å². The molecule has 0 spiro atoms. The van der Waals surface area contributed by atoms with Gasteiger partial charge in [-0.05, 0) is 81.2 Å². The lowest BCUT2D eigenvalue weighted by molar-refractivity contribution is 0.186. The summed E-state index contributed by atoms with van der Waals surface area (Å²) in [5.74, 6) is 0. The number of fused-ring (bicyclic) bond motifs is 1. The molecular weight excluding hydrogens is 516 g/mol. The van der Waals surface area contributed by atoms with Crippen molar-refractivity contribution in [3.05, 3.63) is 96.4 Å². The number of pyridine rings is 1. The number of unbranched alkanes of at least 4 members (excludes halogenated alkanes) is 2. The average molecular weight is 559 g/mol. The maximum Gasteiger partial charge on any atom is 0.268 e. The molecule has 1 aliphatic rings. The zero-order chi connectivity index (χ0) is 27.8. The van der Waals surface area contributed by atoms with Crippen LogP contribution in [0.2, 0.25) is 0 Å². The van der Waals surface area contributed by atoms with Crippen LogP contribution < -0.4 is 0 Å². The minimum absolute atomic E-state index is 0.299. The van der Waals surface area contributed by atoms with Crippen molar-refractivity contribution in [2.45, 2.75) is 75.4 Å². The summed E-state index contributed by atoms with van der Waals surface area (Å²) in [6, 6.07) is 21.4. The minimum atomic E-state index is -3.70. The molecule has 1 aliphatic carbocycles. The Kier molecular flexibility index (Phi) is 9.68. The van der Waals surface area contributed by atoms with Gasteiger partial charge in [-0.1, -0.05) is 68.1 Å². The van der Waals surface area contributed by atoms with Crippen LogP contribution in [0.5, 0.6) is 0 Å². The molecule has 0 unspecified atom stereocenters. The van der Waals surface area contributed by atoms with Crippen molar-refractivity contribution in [1.29, 1.82) is 0 Å². The lowest BCUT2D eigenvalue weighted by Gasteiger charge is -2.31. The summed E-state index contributed by atoms with van der Waals surface area (Å²) in [6.07, 6.45) is 15.9. The van der Waals surface area contributed by atoms with E-state index in [1.54, 1.807) is 30.5 Å². The number of benzene rings is 2. The molecule has 2 aromatic heterocycles. The lowest BCUT2D eigenvalue weighted by Crippen LogP contribution is -2.34. The van der Waals surface area contributed by atoms with E-state index in [0.717, 1.165) is 43.0 Å². The van der Waals surface area contributed by atoms with E-state index in [1.165, 1.54) is 54.5 Å². The molecule has 212 valence electrons. The molecule has 2 heterocycles. The number of rotatable bonds is 13. The fourth-order valence-electron chi connectivity index (χ4n) is 6.03. The van der Waals surface area contributed by atoms with Crippen molar-refractivity contribution in [3.8, 4) is 0 Å². The predicted octanol–water partition coefficient (Wildman–Crippen LogP) is 6.71. The van der Waals surface area contributed by atoms with Crippen molar-refractivity contribution in [3.63, 3.8) is 0 Å². The molecule has 5 rings (SSSR count). The number of nitrogens with zero attached hydrogens (tertiary/aromatic N) is 4. The van der Waals surface area contributed by atoms with Crippen LogP contribution in [0, 0.1) is 0 Å². The summed E-state index contributed by atoms with van der Waals surface area (Å²) in [7, 11) is -1.40. The summed E-state index contributed by atoms with van der Waals surface area (Å²) in [5, 5.41) is 0.979. The van der Waals surface area contributed by atoms with Crippen LogP contribution in [0.4, 0.5) is 0 Å². The van der Waals surface area contributed by atoms with Crippen LogP contribution in [0.25, 0.3) is 10.9 Å². The SMILES string of the molecule is CN(CCCCCN(Cc1cccnc1)Cc1cn(S(=O)(=O)c2ccccc2)c2ccccc12)C1CCCCC1. The highest BCUT2D eigenvalue weighted by molar-refractivity contribution is 7.90. The fraction of sp³-hybridized carbons (Fsp3) is 0.424. The summed E-state index contributed by atoms with van der Waals surface area (Å²) in [4.78, 5) is 9.63. The van der Waals surface area contributed by atoms with E-state index in [2.05, 4.69) is 27.9 Å². The Morgan fingerprint density at radius 2 is 1.60 bits per heavy atom. The van der Waals surface area contributed by atoms with Crippen molar-refractivity contribution >= 4 is 20.9 Å². The Hall–Kier alpha value is -3.00. The van der Waals surface area contributed by atoms with Gasteiger partial charge in [0.1, 0.15) is 0 Å². The molecular formula is C33H42N4O2S. The minimum Gasteiger partial charge on any atom is -0.303 e. The Morgan fingerprint density at radius 1 is 0.850 bits per heavy atom. The van der Waals surface area contributed by atoms with Crippen LogP contribution in [-0.2, 0) is 23.1 Å². The quantitative estimate of drug-likeness (QED) is 0.171. The van der Waals surface area contributed by atoms with Gasteiger partial charge in [-0.3, -0.25) is 9.88 Å². The van der Waals surface area contributed by atoms with Crippen molar-refractivity contribution < 1.29 is 8.42 Å². The lowest BCUT2D eigenvalue weighted by atomic mass is 9.94. The van der Waals surface area contributed by atoms with Crippen molar-refractivity contribution in [1.82, 2.24) is 18.8 Å². The van der Waals surface area contributed by atoms with E-state index in [4.69, 9.17) is 0 Å². The monoisotopic (exact) mass is 558 g/mol. The van der Waals surface area contributed by atoms with Gasteiger partial charge in [-0.2, -0.15) is 0 Å². The van der Waals surface area contributed by atoms with Crippen LogP contribution in [0.3, 0.4) is 0 Å². The van der Waals surface area contributed by atoms with Crippen LogP contribution in [-0.4, -0.2) is 53.4 Å². The van der Waals surface area contributed by atoms with E-state index in [-0.39, 0.29) is 0 Å². The fourth-order valence-corrected chi connectivity index (χ4v) is 7.44. The first-order valence-corrected chi connectivity index (χ1v) is 16.2. The highest BCUT2D eigenvalue weighted by atomic mass is 32.2. The molecule has 1 saturated carbocycles. The summed E-state index contributed by atoms with van der Waals surface area (Å²) < 4.78 is 28.6. The second-order valence-corrected chi connectivity index (χ2v) is 13.0. The Labute approximate surface area is 239 Å². The normalized spacial score (nSPS) is 14.9. The van der Waals surface area contributed by atoms with Gasteiger partial charge in [0.05, 0.1) is 10.4 Å². The first-order valence-electron chi connectivity index (χ1n) is 14.7. The maximum atomic E-state index is 13.6. The highest BCUT2D eigenvalue weighted by Gasteiger charge is 2.22. The van der Waals surface area contributed by atoms with Crippen LogP contribution in [0.15, 0.2) is 90.2 Å². The largest absolute Gasteiger partial charge is 0.303 e. The number of hydrogen-bond acceptors (Lipinski definition) is 5. The third-order valence-corrected chi connectivity index (χ3v) is 9.95. The third kappa shape index (κ3) is 7.00. The Bertz CT molecular complexity index is 1450. The third-order valence-electron chi connectivity index (χ3n) is 8.27. The van der Waals surface area contributed by atoms with Crippen molar-refractivity contribution in [2.24, 2.45) is 0 Å². The van der Waals surface area contributed by atoms with E-state index < -0.39 is 10.0 Å². The van der Waals surface area contributed by atoms with E-state index in [1.807, 2.05) is 48.8 Å². The molecule has 2 aromatic carbocycles. The molecule has 0 N–H and O–H groups in total. The van der Waals surface area contributed by atoms with E-state index in [0.29, 0.717) is 17.0 Å². The van der Waals surface area contributed by atoms with Crippen LogP contribution in [0.1, 0.15) is 62.5 Å². The summed E-state index contributed by atoms with van der Waals surface area (Å²) in [5.41, 5.74) is 2.91. The second-order valence-electron chi connectivity index (χ2n) is 11.2. The maximum absolute atomic E-state index is 13.6. The Balaban J connectivity index is 1.30. The number of hydrogen-bond donors (Lipinski definition) is 0. The molecule has 0 bridgehead atoms. The van der Waals surface area contributed by atoms with E-state index in [9.17, 15) is 8.42 Å². The predicted molar refractivity (Wildman–Crippen MR) is 163 cm³/mol. The number of para-hydroxylation sites is 1. The van der Waals surface area contributed by atoms with Gasteiger partial charge in [0.15, 0.2) is 0 Å². The second kappa shape index (κ2) is 13.6. The standard InChI is InChI=1S/C33H42N4O2S/c1-35(30-15-5-2-6-16-30)22-11-4-12-23-36(25-28-14-13-21-34-24-28)26-29-27-37(33-20-10-9-19-32(29)33)40(38,39)31-17-7-3-8-18-31/h3,7-10,13-14,17-21,24,27,30H,2,4-6,11-12,15-16,22-23,25-26H2,1H3. The molecule has 7 heteroatoms. The van der Waals surface area contributed by atoms with Gasteiger partial charge in [-0.15, -0.1) is 0 Å². The average Bonchev–Trinajstić information content (AvgIpc) is 3.37. The first-order chi connectivity index (χ1) is 19.5. The molecule has 4 aromatic rings. The van der Waals surface area contributed by atoms with Gasteiger partial charge < -0.3 is 4.90 Å². The van der Waals surface area contributed by atoms with Gasteiger partial charge in [-0.25, -0.2) is 12.4 Å². The topological polar surface area (TPSA) is 58.4 Å². The van der Waals surface area contributed by atoms with Crippen LogP contribution >= 0.6 is 0 Å². The zero-order valence-electron chi connectivity index (χ0n) is 23.7. The van der Waals surface area contributed by atoms with E-state index >= 15 is 0 Å². The molecule has 0 aliphatic heterocycles. The smallest absolute Gasteiger partial charge is 0.268 e. The summed E-state index contributed by atoms with van der Waals surface area (Å²) in [6.45, 7) is 3.57. The molecule has 0 saturated heterocycles. The molecule has 6 nitrogen and oxygen atoms in total.